The van der Waals surface area contributed by atoms with E-state index in [1.807, 2.05) is 55.5 Å². The lowest BCUT2D eigenvalue weighted by atomic mass is 10.1. The third kappa shape index (κ3) is 4.75. The van der Waals surface area contributed by atoms with Crippen molar-refractivity contribution in [1.29, 1.82) is 0 Å². The Labute approximate surface area is 180 Å². The first-order valence-electron chi connectivity index (χ1n) is 10.1. The molecule has 0 spiro atoms. The van der Waals surface area contributed by atoms with Crippen molar-refractivity contribution < 1.29 is 14.0 Å². The molecule has 2 heterocycles. The highest BCUT2D eigenvalue weighted by Gasteiger charge is 2.16. The summed E-state index contributed by atoms with van der Waals surface area (Å²) in [4.78, 5) is 28.7. The van der Waals surface area contributed by atoms with Gasteiger partial charge in [0.1, 0.15) is 5.70 Å². The molecule has 2 aromatic heterocycles. The molecular formula is C25H23N3O3. The largest absolute Gasteiger partial charge is 0.459 e. The SMILES string of the molecule is Cc1[nH]c2ccccc2c1CCNC(=O)C(=Cc1ccccc1)NC(=O)c1ccco1. The van der Waals surface area contributed by atoms with E-state index in [9.17, 15) is 9.59 Å². The van der Waals surface area contributed by atoms with E-state index in [2.05, 4.69) is 21.7 Å². The zero-order chi connectivity index (χ0) is 21.6. The summed E-state index contributed by atoms with van der Waals surface area (Å²) >= 11 is 0. The molecule has 2 aromatic carbocycles. The third-order valence-corrected chi connectivity index (χ3v) is 5.04. The van der Waals surface area contributed by atoms with Gasteiger partial charge in [-0.25, -0.2) is 0 Å². The Balaban J connectivity index is 1.48. The monoisotopic (exact) mass is 413 g/mol. The quantitative estimate of drug-likeness (QED) is 0.397. The van der Waals surface area contributed by atoms with Gasteiger partial charge in [-0.05, 0) is 48.7 Å². The second-order valence-electron chi connectivity index (χ2n) is 7.18. The first-order valence-corrected chi connectivity index (χ1v) is 10.1. The summed E-state index contributed by atoms with van der Waals surface area (Å²) in [5, 5.41) is 6.73. The van der Waals surface area contributed by atoms with E-state index in [1.54, 1.807) is 18.2 Å². The van der Waals surface area contributed by atoms with Crippen molar-refractivity contribution in [3.8, 4) is 0 Å². The zero-order valence-corrected chi connectivity index (χ0v) is 17.1. The topological polar surface area (TPSA) is 87.1 Å². The molecule has 4 aromatic rings. The summed E-state index contributed by atoms with van der Waals surface area (Å²) in [5.74, 6) is -0.697. The van der Waals surface area contributed by atoms with Crippen LogP contribution in [0.25, 0.3) is 17.0 Å². The summed E-state index contributed by atoms with van der Waals surface area (Å²) in [5.41, 5.74) is 4.30. The fourth-order valence-corrected chi connectivity index (χ4v) is 3.52. The lowest BCUT2D eigenvalue weighted by Gasteiger charge is -2.11. The number of benzene rings is 2. The van der Waals surface area contributed by atoms with Crippen molar-refractivity contribution in [3.05, 3.63) is 101 Å². The van der Waals surface area contributed by atoms with Gasteiger partial charge in [0.25, 0.3) is 11.8 Å². The van der Waals surface area contributed by atoms with E-state index in [1.165, 1.54) is 11.8 Å². The van der Waals surface area contributed by atoms with Gasteiger partial charge in [0.05, 0.1) is 6.26 Å². The molecule has 0 aliphatic heterocycles. The minimum Gasteiger partial charge on any atom is -0.459 e. The molecule has 4 rings (SSSR count). The minimum atomic E-state index is -0.477. The van der Waals surface area contributed by atoms with Crippen LogP contribution in [-0.2, 0) is 11.2 Å². The number of para-hydroxylation sites is 1. The summed E-state index contributed by atoms with van der Waals surface area (Å²) in [6.45, 7) is 2.46. The van der Waals surface area contributed by atoms with Crippen LogP contribution < -0.4 is 10.6 Å². The Hall–Kier alpha value is -4.06. The molecule has 0 saturated heterocycles. The summed E-state index contributed by atoms with van der Waals surface area (Å²) in [6, 6.07) is 20.6. The Kier molecular flexibility index (Phi) is 5.98. The van der Waals surface area contributed by atoms with Crippen LogP contribution in [-0.4, -0.2) is 23.3 Å². The number of amides is 2. The van der Waals surface area contributed by atoms with Crippen LogP contribution in [0.3, 0.4) is 0 Å². The maximum absolute atomic E-state index is 12.9. The average molecular weight is 413 g/mol. The molecule has 0 radical (unpaired) electrons. The number of aromatic nitrogens is 1. The molecule has 156 valence electrons. The number of fused-ring (bicyclic) bond motifs is 1. The predicted molar refractivity (Wildman–Crippen MR) is 120 cm³/mol. The Morgan fingerprint density at radius 2 is 1.77 bits per heavy atom. The van der Waals surface area contributed by atoms with Gasteiger partial charge in [0.2, 0.25) is 0 Å². The van der Waals surface area contributed by atoms with Gasteiger partial charge >= 0.3 is 0 Å². The normalized spacial score (nSPS) is 11.5. The minimum absolute atomic E-state index is 0.140. The summed E-state index contributed by atoms with van der Waals surface area (Å²) in [7, 11) is 0. The molecule has 0 fully saturated rings. The summed E-state index contributed by atoms with van der Waals surface area (Å²) in [6.07, 6.45) is 3.73. The molecular weight excluding hydrogens is 390 g/mol. The average Bonchev–Trinajstić information content (AvgIpc) is 3.42. The van der Waals surface area contributed by atoms with Crippen LogP contribution in [0.2, 0.25) is 0 Å². The van der Waals surface area contributed by atoms with Gasteiger partial charge in [0, 0.05) is 23.1 Å². The van der Waals surface area contributed by atoms with Crippen molar-refractivity contribution in [3.63, 3.8) is 0 Å². The summed E-state index contributed by atoms with van der Waals surface area (Å²) < 4.78 is 5.14. The van der Waals surface area contributed by atoms with E-state index < -0.39 is 5.91 Å². The molecule has 6 heteroatoms. The molecule has 0 aliphatic rings. The maximum Gasteiger partial charge on any atom is 0.291 e. The standard InChI is InChI=1S/C25H23N3O3/c1-17-19(20-10-5-6-11-21(20)27-17)13-14-26-24(29)22(16-18-8-3-2-4-9-18)28-25(30)23-12-7-15-31-23/h2-12,15-16,27H,13-14H2,1H3,(H,26,29)(H,28,30). The van der Waals surface area contributed by atoms with Crippen molar-refractivity contribution in [2.45, 2.75) is 13.3 Å². The maximum atomic E-state index is 12.9. The van der Waals surface area contributed by atoms with Crippen molar-refractivity contribution >= 4 is 28.8 Å². The highest BCUT2D eigenvalue weighted by atomic mass is 16.3. The van der Waals surface area contributed by atoms with Crippen molar-refractivity contribution in [2.75, 3.05) is 6.54 Å². The number of hydrogen-bond acceptors (Lipinski definition) is 3. The number of furan rings is 1. The molecule has 0 saturated carbocycles. The first-order chi connectivity index (χ1) is 15.1. The number of rotatable bonds is 7. The zero-order valence-electron chi connectivity index (χ0n) is 17.1. The van der Waals surface area contributed by atoms with Crippen LogP contribution in [0.4, 0.5) is 0 Å². The van der Waals surface area contributed by atoms with E-state index in [4.69, 9.17) is 4.42 Å². The number of carbonyl (C=O) groups excluding carboxylic acids is 2. The molecule has 31 heavy (non-hydrogen) atoms. The van der Waals surface area contributed by atoms with Gasteiger partial charge in [-0.15, -0.1) is 0 Å². The van der Waals surface area contributed by atoms with E-state index >= 15 is 0 Å². The second kappa shape index (κ2) is 9.17. The molecule has 3 N–H and O–H groups in total. The molecule has 6 nitrogen and oxygen atoms in total. The number of carbonyl (C=O) groups is 2. The first kappa shape index (κ1) is 20.2. The molecule has 0 atom stereocenters. The van der Waals surface area contributed by atoms with E-state index in [0.29, 0.717) is 13.0 Å². The number of nitrogens with one attached hydrogen (secondary N) is 3. The molecule has 0 bridgehead atoms. The van der Waals surface area contributed by atoms with Crippen LogP contribution in [0.5, 0.6) is 0 Å². The molecule has 0 aliphatic carbocycles. The number of aromatic amines is 1. The lowest BCUT2D eigenvalue weighted by Crippen LogP contribution is -2.35. The molecule has 0 unspecified atom stereocenters. The van der Waals surface area contributed by atoms with Crippen LogP contribution >= 0.6 is 0 Å². The molecule has 2 amide bonds. The van der Waals surface area contributed by atoms with E-state index in [0.717, 1.165) is 22.2 Å². The van der Waals surface area contributed by atoms with Gasteiger partial charge in [-0.3, -0.25) is 9.59 Å². The number of hydrogen-bond donors (Lipinski definition) is 3. The van der Waals surface area contributed by atoms with Gasteiger partial charge < -0.3 is 20.0 Å². The van der Waals surface area contributed by atoms with Crippen LogP contribution in [0.15, 0.2) is 83.1 Å². The highest BCUT2D eigenvalue weighted by molar-refractivity contribution is 6.04. The number of aryl methyl sites for hydroxylation is 1. The Bertz CT molecular complexity index is 1220. The smallest absolute Gasteiger partial charge is 0.291 e. The third-order valence-electron chi connectivity index (χ3n) is 5.04. The number of H-pyrrole nitrogens is 1. The Morgan fingerprint density at radius 1 is 1.00 bits per heavy atom. The van der Waals surface area contributed by atoms with E-state index in [-0.39, 0.29) is 17.4 Å². The predicted octanol–water partition coefficient (Wildman–Crippen LogP) is 4.20. The van der Waals surface area contributed by atoms with Crippen molar-refractivity contribution in [2.24, 2.45) is 0 Å². The fourth-order valence-electron chi connectivity index (χ4n) is 3.52. The van der Waals surface area contributed by atoms with Gasteiger partial charge in [-0.1, -0.05) is 48.5 Å². The van der Waals surface area contributed by atoms with Gasteiger partial charge in [0.15, 0.2) is 5.76 Å². The lowest BCUT2D eigenvalue weighted by molar-refractivity contribution is -0.117. The Morgan fingerprint density at radius 3 is 2.55 bits per heavy atom. The second-order valence-corrected chi connectivity index (χ2v) is 7.18. The van der Waals surface area contributed by atoms with Crippen LogP contribution in [0.1, 0.15) is 27.4 Å². The van der Waals surface area contributed by atoms with Gasteiger partial charge in [-0.2, -0.15) is 0 Å². The highest BCUT2D eigenvalue weighted by Crippen LogP contribution is 2.22. The van der Waals surface area contributed by atoms with Crippen LogP contribution in [0, 0.1) is 6.92 Å². The fraction of sp³-hybridized carbons (Fsp3) is 0.120. The van der Waals surface area contributed by atoms with Crippen molar-refractivity contribution in [1.82, 2.24) is 15.6 Å².